The molecule has 0 amide bonds. The van der Waals surface area contributed by atoms with Crippen LogP contribution in [0.5, 0.6) is 0 Å². The average molecular weight is 344 g/mol. The van der Waals surface area contributed by atoms with Gasteiger partial charge in [-0.1, -0.05) is 23.7 Å². The molecule has 0 saturated carbocycles. The van der Waals surface area contributed by atoms with E-state index < -0.39 is 0 Å². The van der Waals surface area contributed by atoms with Crippen molar-refractivity contribution in [3.8, 4) is 11.3 Å². The van der Waals surface area contributed by atoms with E-state index >= 15 is 0 Å². The summed E-state index contributed by atoms with van der Waals surface area (Å²) in [6.45, 7) is 0.234. The number of benzene rings is 1. The highest BCUT2D eigenvalue weighted by Crippen LogP contribution is 2.23. The second kappa shape index (κ2) is 5.64. The van der Waals surface area contributed by atoms with E-state index in [0.29, 0.717) is 22.1 Å². The highest BCUT2D eigenvalue weighted by Gasteiger charge is 2.10. The van der Waals surface area contributed by atoms with Crippen LogP contribution in [0.4, 0.5) is 0 Å². The number of oxazole rings is 1. The van der Waals surface area contributed by atoms with E-state index in [1.54, 1.807) is 24.4 Å². The summed E-state index contributed by atoms with van der Waals surface area (Å²) in [5.41, 5.74) is 0.744. The van der Waals surface area contributed by atoms with Crippen LogP contribution in [0.2, 0.25) is 5.02 Å². The molecule has 0 spiro atoms. The van der Waals surface area contributed by atoms with Crippen LogP contribution < -0.4 is 5.56 Å². The van der Waals surface area contributed by atoms with Crippen LogP contribution in [-0.4, -0.2) is 14.5 Å². The third-order valence-electron chi connectivity index (χ3n) is 3.42. The van der Waals surface area contributed by atoms with Gasteiger partial charge in [0.15, 0.2) is 5.76 Å². The first-order valence-electron chi connectivity index (χ1n) is 6.84. The van der Waals surface area contributed by atoms with Crippen molar-refractivity contribution < 1.29 is 4.42 Å². The van der Waals surface area contributed by atoms with E-state index in [0.717, 1.165) is 10.4 Å². The van der Waals surface area contributed by atoms with E-state index in [4.69, 9.17) is 16.0 Å². The highest BCUT2D eigenvalue weighted by molar-refractivity contribution is 7.16. The monoisotopic (exact) mass is 343 g/mol. The molecule has 0 aliphatic carbocycles. The Balaban J connectivity index is 1.66. The minimum Gasteiger partial charge on any atom is -0.439 e. The average Bonchev–Trinajstić information content (AvgIpc) is 3.20. The quantitative estimate of drug-likeness (QED) is 0.567. The summed E-state index contributed by atoms with van der Waals surface area (Å²) in [4.78, 5) is 21.6. The van der Waals surface area contributed by atoms with Crippen molar-refractivity contribution in [2.75, 3.05) is 0 Å². The van der Waals surface area contributed by atoms with Gasteiger partial charge in [0, 0.05) is 10.6 Å². The van der Waals surface area contributed by atoms with Crippen molar-refractivity contribution in [3.63, 3.8) is 0 Å². The lowest BCUT2D eigenvalue weighted by atomic mass is 10.2. The van der Waals surface area contributed by atoms with Crippen LogP contribution >= 0.6 is 22.9 Å². The molecule has 0 fully saturated rings. The van der Waals surface area contributed by atoms with Gasteiger partial charge in [0.2, 0.25) is 5.89 Å². The van der Waals surface area contributed by atoms with Crippen LogP contribution in [0.1, 0.15) is 5.89 Å². The predicted octanol–water partition coefficient (Wildman–Crippen LogP) is 3.81. The van der Waals surface area contributed by atoms with Gasteiger partial charge in [0.1, 0.15) is 11.4 Å². The van der Waals surface area contributed by atoms with Gasteiger partial charge in [-0.2, -0.15) is 0 Å². The molecule has 23 heavy (non-hydrogen) atoms. The molecule has 0 radical (unpaired) electrons. The zero-order valence-electron chi connectivity index (χ0n) is 11.8. The van der Waals surface area contributed by atoms with E-state index in [-0.39, 0.29) is 12.1 Å². The molecule has 0 atom stereocenters. The molecule has 4 aromatic rings. The Kier molecular flexibility index (Phi) is 3.48. The van der Waals surface area contributed by atoms with Gasteiger partial charge in [-0.05, 0) is 23.6 Å². The Morgan fingerprint density at radius 3 is 3.04 bits per heavy atom. The first-order chi connectivity index (χ1) is 11.2. The number of rotatable bonds is 3. The van der Waals surface area contributed by atoms with E-state index in [9.17, 15) is 4.79 Å². The van der Waals surface area contributed by atoms with Crippen molar-refractivity contribution in [3.05, 3.63) is 69.5 Å². The third-order valence-corrected chi connectivity index (χ3v) is 4.47. The summed E-state index contributed by atoms with van der Waals surface area (Å²) in [5, 5.41) is 3.09. The lowest BCUT2D eigenvalue weighted by Gasteiger charge is -2.01. The molecule has 0 saturated heterocycles. The molecule has 0 aliphatic heterocycles. The van der Waals surface area contributed by atoms with Crippen LogP contribution in [0.25, 0.3) is 21.5 Å². The van der Waals surface area contributed by atoms with Gasteiger partial charge >= 0.3 is 0 Å². The molecule has 114 valence electrons. The Bertz CT molecular complexity index is 1050. The van der Waals surface area contributed by atoms with Crippen LogP contribution in [0.3, 0.4) is 0 Å². The van der Waals surface area contributed by atoms with Gasteiger partial charge in [-0.3, -0.25) is 9.36 Å². The van der Waals surface area contributed by atoms with Crippen molar-refractivity contribution in [2.45, 2.75) is 6.54 Å². The molecule has 0 bridgehead atoms. The van der Waals surface area contributed by atoms with E-state index in [2.05, 4.69) is 9.97 Å². The minimum atomic E-state index is -0.0984. The first-order valence-corrected chi connectivity index (χ1v) is 8.10. The number of thiophene rings is 1. The number of hydrogen-bond donors (Lipinski definition) is 0. The van der Waals surface area contributed by atoms with Gasteiger partial charge < -0.3 is 4.42 Å². The van der Waals surface area contributed by atoms with Gasteiger partial charge in [0.05, 0.1) is 17.9 Å². The van der Waals surface area contributed by atoms with Gasteiger partial charge in [0.25, 0.3) is 5.56 Å². The molecule has 1 aromatic carbocycles. The van der Waals surface area contributed by atoms with E-state index in [1.165, 1.54) is 22.2 Å². The van der Waals surface area contributed by atoms with Crippen molar-refractivity contribution >= 4 is 33.2 Å². The molecule has 0 unspecified atom stereocenters. The summed E-state index contributed by atoms with van der Waals surface area (Å²) in [7, 11) is 0. The summed E-state index contributed by atoms with van der Waals surface area (Å²) in [6.07, 6.45) is 3.15. The molecule has 0 N–H and O–H groups in total. The number of nitrogens with zero attached hydrogens (tertiary/aromatic N) is 3. The molecule has 3 heterocycles. The molecule has 0 aliphatic rings. The zero-order chi connectivity index (χ0) is 15.8. The molecular formula is C16H10ClN3O2S. The lowest BCUT2D eigenvalue weighted by Crippen LogP contribution is -2.20. The second-order valence-electron chi connectivity index (χ2n) is 4.95. The Hall–Kier alpha value is -2.44. The van der Waals surface area contributed by atoms with E-state index in [1.807, 2.05) is 17.5 Å². The Labute approximate surface area is 139 Å². The van der Waals surface area contributed by atoms with Crippen molar-refractivity contribution in [1.82, 2.24) is 14.5 Å². The predicted molar refractivity (Wildman–Crippen MR) is 89.9 cm³/mol. The second-order valence-corrected chi connectivity index (χ2v) is 6.28. The summed E-state index contributed by atoms with van der Waals surface area (Å²) in [6, 6.07) is 9.11. The maximum Gasteiger partial charge on any atom is 0.262 e. The summed E-state index contributed by atoms with van der Waals surface area (Å²) < 4.78 is 7.21. The topological polar surface area (TPSA) is 60.9 Å². The van der Waals surface area contributed by atoms with Crippen molar-refractivity contribution in [2.24, 2.45) is 0 Å². The Morgan fingerprint density at radius 1 is 1.26 bits per heavy atom. The molecule has 4 rings (SSSR count). The molecule has 7 heteroatoms. The molecule has 5 nitrogen and oxygen atoms in total. The fraction of sp³-hybridized carbons (Fsp3) is 0.0625. The molecular weight excluding hydrogens is 334 g/mol. The number of fused-ring (bicyclic) bond motifs is 1. The van der Waals surface area contributed by atoms with Crippen LogP contribution in [0, 0.1) is 0 Å². The summed E-state index contributed by atoms with van der Waals surface area (Å²) >= 11 is 7.43. The minimum absolute atomic E-state index is 0.0984. The Morgan fingerprint density at radius 2 is 2.17 bits per heavy atom. The maximum absolute atomic E-state index is 12.4. The first kappa shape index (κ1) is 14.2. The largest absolute Gasteiger partial charge is 0.439 e. The highest BCUT2D eigenvalue weighted by atomic mass is 35.5. The summed E-state index contributed by atoms with van der Waals surface area (Å²) in [5.74, 6) is 1.05. The normalized spacial score (nSPS) is 11.2. The van der Waals surface area contributed by atoms with Gasteiger partial charge in [-0.15, -0.1) is 11.3 Å². The fourth-order valence-electron chi connectivity index (χ4n) is 2.31. The molecule has 3 aromatic heterocycles. The van der Waals surface area contributed by atoms with Gasteiger partial charge in [-0.25, -0.2) is 9.97 Å². The zero-order valence-corrected chi connectivity index (χ0v) is 13.3. The lowest BCUT2D eigenvalue weighted by molar-refractivity contribution is 0.484. The van der Waals surface area contributed by atoms with Crippen LogP contribution in [0.15, 0.2) is 57.4 Å². The fourth-order valence-corrected chi connectivity index (χ4v) is 3.22. The number of aromatic nitrogens is 3. The van der Waals surface area contributed by atoms with Crippen LogP contribution in [-0.2, 0) is 6.54 Å². The smallest absolute Gasteiger partial charge is 0.262 e. The van der Waals surface area contributed by atoms with Crippen molar-refractivity contribution in [1.29, 1.82) is 0 Å². The SMILES string of the molecule is O=c1c2ccsc2ncn1Cc1ncc(-c2cccc(Cl)c2)o1. The third kappa shape index (κ3) is 2.67. The maximum atomic E-state index is 12.4. The number of hydrogen-bond acceptors (Lipinski definition) is 5. The number of halogens is 1. The standard InChI is InChI=1S/C16H10ClN3O2S/c17-11-3-1-2-10(6-11)13-7-18-14(22-13)8-20-9-19-15-12(16(20)21)4-5-23-15/h1-7,9H,8H2.